The van der Waals surface area contributed by atoms with Crippen LogP contribution in [0.3, 0.4) is 0 Å². The van der Waals surface area contributed by atoms with Crippen LogP contribution in [0.1, 0.15) is 15.9 Å². The molecule has 0 heterocycles. The van der Waals surface area contributed by atoms with Crippen molar-refractivity contribution in [3.8, 4) is 5.75 Å². The molecule has 0 spiro atoms. The third kappa shape index (κ3) is 4.89. The van der Waals surface area contributed by atoms with Crippen LogP contribution in [0.25, 0.3) is 0 Å². The van der Waals surface area contributed by atoms with Crippen LogP contribution in [0.15, 0.2) is 46.9 Å². The van der Waals surface area contributed by atoms with Gasteiger partial charge in [0.15, 0.2) is 0 Å². The highest BCUT2D eigenvalue weighted by Gasteiger charge is 2.31. The molecule has 0 radical (unpaired) electrons. The molecule has 0 aliphatic heterocycles. The molecule has 0 aliphatic rings. The third-order valence-electron chi connectivity index (χ3n) is 2.96. The van der Waals surface area contributed by atoms with Gasteiger partial charge in [-0.3, -0.25) is 9.59 Å². The molecule has 2 aromatic carbocycles. The van der Waals surface area contributed by atoms with Crippen LogP contribution in [-0.4, -0.2) is 17.9 Å². The number of ketones is 2. The number of alkyl halides is 3. The van der Waals surface area contributed by atoms with Gasteiger partial charge in [-0.2, -0.15) is 0 Å². The average molecular weight is 405 g/mol. The lowest BCUT2D eigenvalue weighted by Crippen LogP contribution is -2.18. The number of benzene rings is 2. The Bertz CT molecular complexity index is 770. The highest BCUT2D eigenvalue weighted by Crippen LogP contribution is 2.23. The number of rotatable bonds is 5. The van der Waals surface area contributed by atoms with Crippen LogP contribution >= 0.6 is 15.9 Å². The van der Waals surface area contributed by atoms with Gasteiger partial charge >= 0.3 is 6.36 Å². The Balaban J connectivity index is 2.06. The van der Waals surface area contributed by atoms with Gasteiger partial charge in [0.05, 0.1) is 4.47 Å². The van der Waals surface area contributed by atoms with Gasteiger partial charge in [0.1, 0.15) is 11.6 Å². The predicted molar refractivity (Wildman–Crippen MR) is 80.3 cm³/mol. The molecule has 126 valence electrons. The fourth-order valence-electron chi connectivity index (χ4n) is 1.87. The van der Waals surface area contributed by atoms with Crippen LogP contribution in [0, 0.1) is 5.82 Å². The van der Waals surface area contributed by atoms with Crippen molar-refractivity contribution in [2.24, 2.45) is 0 Å². The largest absolute Gasteiger partial charge is 0.573 e. The molecule has 0 saturated heterocycles. The lowest BCUT2D eigenvalue weighted by Gasteiger charge is -2.09. The van der Waals surface area contributed by atoms with Crippen molar-refractivity contribution in [1.29, 1.82) is 0 Å². The molecule has 0 aromatic heterocycles. The van der Waals surface area contributed by atoms with Crippen LogP contribution in [0.5, 0.6) is 5.75 Å². The van der Waals surface area contributed by atoms with Crippen LogP contribution in [0.4, 0.5) is 17.6 Å². The molecule has 8 heteroatoms. The van der Waals surface area contributed by atoms with E-state index in [2.05, 4.69) is 20.7 Å². The Morgan fingerprint density at radius 1 is 1.04 bits per heavy atom. The quantitative estimate of drug-likeness (QED) is 0.419. The van der Waals surface area contributed by atoms with Crippen LogP contribution < -0.4 is 4.74 Å². The molecular formula is C16H9BrF4O3. The predicted octanol–water partition coefficient (Wildman–Crippen LogP) is 4.48. The first kappa shape index (κ1) is 18.1. The Hall–Kier alpha value is -2.22. The van der Waals surface area contributed by atoms with Gasteiger partial charge in [-0.25, -0.2) is 4.39 Å². The molecule has 3 nitrogen and oxygen atoms in total. The topological polar surface area (TPSA) is 43.4 Å². The summed E-state index contributed by atoms with van der Waals surface area (Å²) >= 11 is 2.92. The van der Waals surface area contributed by atoms with E-state index in [1.165, 1.54) is 24.3 Å². The molecule has 0 bridgehead atoms. The van der Waals surface area contributed by atoms with Crippen LogP contribution in [0.2, 0.25) is 0 Å². The molecule has 0 fully saturated rings. The van der Waals surface area contributed by atoms with Crippen molar-refractivity contribution in [3.63, 3.8) is 0 Å². The van der Waals surface area contributed by atoms with E-state index in [1.807, 2.05) is 0 Å². The second kappa shape index (κ2) is 7.12. The summed E-state index contributed by atoms with van der Waals surface area (Å²) in [6.45, 7) is 0. The molecule has 24 heavy (non-hydrogen) atoms. The van der Waals surface area contributed by atoms with Crippen molar-refractivity contribution < 1.29 is 31.9 Å². The van der Waals surface area contributed by atoms with Crippen molar-refractivity contribution in [2.45, 2.75) is 12.8 Å². The maximum atomic E-state index is 13.1. The summed E-state index contributed by atoms with van der Waals surface area (Å²) in [7, 11) is 0. The van der Waals surface area contributed by atoms with E-state index in [0.29, 0.717) is 5.56 Å². The summed E-state index contributed by atoms with van der Waals surface area (Å²) in [6.07, 6.45) is -5.09. The molecule has 0 aliphatic carbocycles. The molecule has 0 N–H and O–H groups in total. The maximum Gasteiger partial charge on any atom is 0.573 e. The minimum atomic E-state index is -4.80. The second-order valence-electron chi connectivity index (χ2n) is 4.75. The second-order valence-corrected chi connectivity index (χ2v) is 5.60. The number of hydrogen-bond acceptors (Lipinski definition) is 3. The van der Waals surface area contributed by atoms with Gasteiger partial charge in [0.25, 0.3) is 0 Å². The highest BCUT2D eigenvalue weighted by molar-refractivity contribution is 9.10. The number of Topliss-reactive ketones (excluding diaryl/α,β-unsaturated/α-hetero) is 2. The summed E-state index contributed by atoms with van der Waals surface area (Å²) in [5, 5.41) is 0. The first-order valence-corrected chi connectivity index (χ1v) is 7.32. The SMILES string of the molecule is O=C(Cc1ccc(OC(F)(F)F)cc1)C(=O)c1ccc(F)c(Br)c1. The lowest BCUT2D eigenvalue weighted by atomic mass is 10.0. The zero-order chi connectivity index (χ0) is 17.9. The van der Waals surface area contributed by atoms with Gasteiger partial charge in [-0.05, 0) is 51.8 Å². The van der Waals surface area contributed by atoms with Crippen molar-refractivity contribution in [3.05, 3.63) is 63.9 Å². The van der Waals surface area contributed by atoms with E-state index in [4.69, 9.17) is 0 Å². The molecule has 0 saturated carbocycles. The number of ether oxygens (including phenoxy) is 1. The molecule has 0 atom stereocenters. The summed E-state index contributed by atoms with van der Waals surface area (Å²) in [4.78, 5) is 24.0. The minimum Gasteiger partial charge on any atom is -0.406 e. The zero-order valence-electron chi connectivity index (χ0n) is 11.9. The smallest absolute Gasteiger partial charge is 0.406 e. The maximum absolute atomic E-state index is 13.1. The zero-order valence-corrected chi connectivity index (χ0v) is 13.4. The van der Waals surface area contributed by atoms with Gasteiger partial charge in [-0.15, -0.1) is 13.2 Å². The van der Waals surface area contributed by atoms with Crippen molar-refractivity contribution in [1.82, 2.24) is 0 Å². The number of carbonyl (C=O) groups is 2. The van der Waals surface area contributed by atoms with Gasteiger partial charge in [0, 0.05) is 12.0 Å². The molecule has 2 rings (SSSR count). The number of halogens is 5. The van der Waals surface area contributed by atoms with Crippen LogP contribution in [-0.2, 0) is 11.2 Å². The van der Waals surface area contributed by atoms with Gasteiger partial charge in [0.2, 0.25) is 11.6 Å². The lowest BCUT2D eigenvalue weighted by molar-refractivity contribution is -0.274. The first-order chi connectivity index (χ1) is 11.2. The number of carbonyl (C=O) groups excluding carboxylic acids is 2. The summed E-state index contributed by atoms with van der Waals surface area (Å²) < 4.78 is 53.1. The summed E-state index contributed by atoms with van der Waals surface area (Å²) in [5.41, 5.74) is 0.370. The molecule has 2 aromatic rings. The van der Waals surface area contributed by atoms with E-state index in [-0.39, 0.29) is 16.5 Å². The fraction of sp³-hybridized carbons (Fsp3) is 0.125. The molecular weight excluding hydrogens is 396 g/mol. The third-order valence-corrected chi connectivity index (χ3v) is 3.56. The van der Waals surface area contributed by atoms with Gasteiger partial charge < -0.3 is 4.74 Å². The van der Waals surface area contributed by atoms with E-state index in [9.17, 15) is 27.2 Å². The van der Waals surface area contributed by atoms with E-state index >= 15 is 0 Å². The Morgan fingerprint density at radius 2 is 1.67 bits per heavy atom. The summed E-state index contributed by atoms with van der Waals surface area (Å²) in [5.74, 6) is -2.57. The first-order valence-electron chi connectivity index (χ1n) is 6.53. The average Bonchev–Trinajstić information content (AvgIpc) is 2.50. The van der Waals surface area contributed by atoms with Crippen molar-refractivity contribution >= 4 is 27.5 Å². The monoisotopic (exact) mass is 404 g/mol. The van der Waals surface area contributed by atoms with Crippen molar-refractivity contribution in [2.75, 3.05) is 0 Å². The Labute approximate surface area is 142 Å². The van der Waals surface area contributed by atoms with E-state index in [0.717, 1.165) is 18.2 Å². The number of hydrogen-bond donors (Lipinski definition) is 0. The Morgan fingerprint density at radius 3 is 2.21 bits per heavy atom. The molecule has 0 amide bonds. The highest BCUT2D eigenvalue weighted by atomic mass is 79.9. The molecule has 0 unspecified atom stereocenters. The van der Waals surface area contributed by atoms with Gasteiger partial charge in [-0.1, -0.05) is 12.1 Å². The normalized spacial score (nSPS) is 11.2. The Kier molecular flexibility index (Phi) is 5.38. The summed E-state index contributed by atoms with van der Waals surface area (Å²) in [6, 6.07) is 8.04. The minimum absolute atomic E-state index is 0.0188. The van der Waals surface area contributed by atoms with E-state index < -0.39 is 29.5 Å². The standard InChI is InChI=1S/C16H9BrF4O3/c17-12-8-10(3-6-13(12)18)15(23)14(22)7-9-1-4-11(5-2-9)24-16(19,20)21/h1-6,8H,7H2. The van der Waals surface area contributed by atoms with E-state index in [1.54, 1.807) is 0 Å². The fourth-order valence-corrected chi connectivity index (χ4v) is 2.25.